The molecular formula is C16H20N2O2S. The van der Waals surface area contributed by atoms with Gasteiger partial charge in [0.15, 0.2) is 0 Å². The maximum Gasteiger partial charge on any atom is 0.242 e. The van der Waals surface area contributed by atoms with Crippen molar-refractivity contribution in [2.45, 2.75) is 24.2 Å². The maximum absolute atomic E-state index is 12.3. The van der Waals surface area contributed by atoms with Crippen LogP contribution in [0.5, 0.6) is 0 Å². The molecule has 0 aliphatic heterocycles. The third-order valence-corrected chi connectivity index (χ3v) is 4.94. The Morgan fingerprint density at radius 3 is 2.19 bits per heavy atom. The third-order valence-electron chi connectivity index (χ3n) is 3.47. The van der Waals surface area contributed by atoms with Crippen molar-refractivity contribution in [3.05, 3.63) is 60.2 Å². The second-order valence-corrected chi connectivity index (χ2v) is 7.35. The second kappa shape index (κ2) is 5.87. The van der Waals surface area contributed by atoms with E-state index in [1.807, 2.05) is 44.2 Å². The molecule has 112 valence electrons. The third kappa shape index (κ3) is 3.62. The summed E-state index contributed by atoms with van der Waals surface area (Å²) >= 11 is 0. The molecule has 0 radical (unpaired) electrons. The minimum atomic E-state index is -3.61. The highest BCUT2D eigenvalue weighted by Crippen LogP contribution is 2.23. The Balaban J connectivity index is 2.18. The normalized spacial score (nSPS) is 12.3. The van der Waals surface area contributed by atoms with Gasteiger partial charge in [-0.25, -0.2) is 13.1 Å². The first-order valence-electron chi connectivity index (χ1n) is 6.73. The van der Waals surface area contributed by atoms with Crippen molar-refractivity contribution in [2.24, 2.45) is 0 Å². The van der Waals surface area contributed by atoms with Gasteiger partial charge in [0.25, 0.3) is 0 Å². The summed E-state index contributed by atoms with van der Waals surface area (Å²) in [5.41, 5.74) is 6.76. The van der Waals surface area contributed by atoms with E-state index in [-0.39, 0.29) is 16.0 Å². The van der Waals surface area contributed by atoms with E-state index in [1.165, 1.54) is 6.07 Å². The molecule has 2 rings (SSSR count). The Labute approximate surface area is 126 Å². The fourth-order valence-corrected chi connectivity index (χ4v) is 3.41. The highest BCUT2D eigenvalue weighted by molar-refractivity contribution is 7.89. The topological polar surface area (TPSA) is 72.2 Å². The summed E-state index contributed by atoms with van der Waals surface area (Å²) in [6.45, 7) is 4.30. The van der Waals surface area contributed by atoms with E-state index in [2.05, 4.69) is 4.72 Å². The van der Waals surface area contributed by atoms with Crippen LogP contribution in [0.4, 0.5) is 5.69 Å². The standard InChI is InChI=1S/C16H20N2O2S/c1-16(2,13-8-4-3-5-9-13)12-18-21(19,20)15-11-7-6-10-14(15)17/h3-11,18H,12,17H2,1-2H3. The van der Waals surface area contributed by atoms with Gasteiger partial charge in [0, 0.05) is 12.0 Å². The minimum absolute atomic E-state index is 0.119. The molecular weight excluding hydrogens is 284 g/mol. The molecule has 0 fully saturated rings. The number of nitrogens with one attached hydrogen (secondary N) is 1. The van der Waals surface area contributed by atoms with Crippen molar-refractivity contribution in [1.29, 1.82) is 0 Å². The molecule has 0 aromatic heterocycles. The molecule has 4 nitrogen and oxygen atoms in total. The molecule has 0 atom stereocenters. The van der Waals surface area contributed by atoms with Crippen LogP contribution < -0.4 is 10.5 Å². The largest absolute Gasteiger partial charge is 0.398 e. The van der Waals surface area contributed by atoms with Crippen molar-refractivity contribution in [1.82, 2.24) is 4.72 Å². The lowest BCUT2D eigenvalue weighted by molar-refractivity contribution is 0.501. The van der Waals surface area contributed by atoms with E-state index in [9.17, 15) is 8.42 Å². The predicted molar refractivity (Wildman–Crippen MR) is 85.5 cm³/mol. The molecule has 0 unspecified atom stereocenters. The Hall–Kier alpha value is -1.85. The van der Waals surface area contributed by atoms with Crippen molar-refractivity contribution in [2.75, 3.05) is 12.3 Å². The quantitative estimate of drug-likeness (QED) is 0.834. The van der Waals surface area contributed by atoms with Gasteiger partial charge >= 0.3 is 0 Å². The highest BCUT2D eigenvalue weighted by Gasteiger charge is 2.24. The van der Waals surface area contributed by atoms with E-state index < -0.39 is 10.0 Å². The van der Waals surface area contributed by atoms with Gasteiger partial charge in [0.05, 0.1) is 5.69 Å². The summed E-state index contributed by atoms with van der Waals surface area (Å²) < 4.78 is 27.3. The van der Waals surface area contributed by atoms with Crippen LogP contribution in [0.2, 0.25) is 0 Å². The zero-order valence-electron chi connectivity index (χ0n) is 12.2. The van der Waals surface area contributed by atoms with Crippen molar-refractivity contribution < 1.29 is 8.42 Å². The molecule has 0 saturated heterocycles. The van der Waals surface area contributed by atoms with E-state index in [0.29, 0.717) is 6.54 Å². The van der Waals surface area contributed by atoms with Gasteiger partial charge < -0.3 is 5.73 Å². The van der Waals surface area contributed by atoms with Gasteiger partial charge in [-0.2, -0.15) is 0 Å². The van der Waals surface area contributed by atoms with Crippen LogP contribution in [0.25, 0.3) is 0 Å². The first-order valence-corrected chi connectivity index (χ1v) is 8.21. The van der Waals surface area contributed by atoms with Crippen LogP contribution in [-0.4, -0.2) is 15.0 Å². The summed E-state index contributed by atoms with van der Waals surface area (Å²) in [7, 11) is -3.61. The SMILES string of the molecule is CC(C)(CNS(=O)(=O)c1ccccc1N)c1ccccc1. The summed E-state index contributed by atoms with van der Waals surface area (Å²) in [6.07, 6.45) is 0. The van der Waals surface area contributed by atoms with Gasteiger partial charge in [-0.3, -0.25) is 0 Å². The summed E-state index contributed by atoms with van der Waals surface area (Å²) in [4.78, 5) is 0.119. The maximum atomic E-state index is 12.3. The van der Waals surface area contributed by atoms with E-state index >= 15 is 0 Å². The number of benzene rings is 2. The Kier molecular flexibility index (Phi) is 4.34. The molecule has 5 heteroatoms. The number of hydrogen-bond donors (Lipinski definition) is 2. The molecule has 3 N–H and O–H groups in total. The van der Waals surface area contributed by atoms with E-state index in [1.54, 1.807) is 18.2 Å². The number of rotatable bonds is 5. The van der Waals surface area contributed by atoms with Crippen molar-refractivity contribution >= 4 is 15.7 Å². The molecule has 0 spiro atoms. The summed E-state index contributed by atoms with van der Waals surface area (Å²) in [5, 5.41) is 0. The average Bonchev–Trinajstić information content (AvgIpc) is 2.47. The number of hydrogen-bond acceptors (Lipinski definition) is 3. The van der Waals surface area contributed by atoms with Crippen molar-refractivity contribution in [3.63, 3.8) is 0 Å². The van der Waals surface area contributed by atoms with Gasteiger partial charge in [0.1, 0.15) is 4.90 Å². The van der Waals surface area contributed by atoms with Crippen LogP contribution in [-0.2, 0) is 15.4 Å². The fraction of sp³-hybridized carbons (Fsp3) is 0.250. The number of anilines is 1. The number of para-hydroxylation sites is 1. The smallest absolute Gasteiger partial charge is 0.242 e. The van der Waals surface area contributed by atoms with Crippen LogP contribution in [0, 0.1) is 0 Å². The van der Waals surface area contributed by atoms with Gasteiger partial charge in [-0.05, 0) is 17.7 Å². The molecule has 2 aromatic rings. The zero-order valence-corrected chi connectivity index (χ0v) is 13.0. The lowest BCUT2D eigenvalue weighted by Gasteiger charge is -2.25. The minimum Gasteiger partial charge on any atom is -0.398 e. The number of nitrogens with two attached hydrogens (primary N) is 1. The zero-order chi connectivity index (χ0) is 15.5. The van der Waals surface area contributed by atoms with Crippen molar-refractivity contribution in [3.8, 4) is 0 Å². The second-order valence-electron chi connectivity index (χ2n) is 5.61. The number of nitrogen functional groups attached to an aromatic ring is 1. The van der Waals surface area contributed by atoms with E-state index in [0.717, 1.165) is 5.56 Å². The first-order chi connectivity index (χ1) is 9.83. The fourth-order valence-electron chi connectivity index (χ4n) is 2.07. The first kappa shape index (κ1) is 15.5. The van der Waals surface area contributed by atoms with Crippen LogP contribution >= 0.6 is 0 Å². The van der Waals surface area contributed by atoms with Crippen LogP contribution in [0.1, 0.15) is 19.4 Å². The Bertz CT molecular complexity index is 710. The number of sulfonamides is 1. The Morgan fingerprint density at radius 2 is 1.57 bits per heavy atom. The monoisotopic (exact) mass is 304 g/mol. The molecule has 0 bridgehead atoms. The van der Waals surface area contributed by atoms with Gasteiger partial charge in [-0.1, -0.05) is 56.3 Å². The van der Waals surface area contributed by atoms with Crippen LogP contribution in [0.15, 0.2) is 59.5 Å². The van der Waals surface area contributed by atoms with Gasteiger partial charge in [-0.15, -0.1) is 0 Å². The average molecular weight is 304 g/mol. The molecule has 0 aliphatic rings. The molecule has 0 aliphatic carbocycles. The lowest BCUT2D eigenvalue weighted by Crippen LogP contribution is -2.36. The highest BCUT2D eigenvalue weighted by atomic mass is 32.2. The predicted octanol–water partition coefficient (Wildman–Crippen LogP) is 2.52. The summed E-state index contributed by atoms with van der Waals surface area (Å²) in [6, 6.07) is 16.3. The molecule has 0 saturated carbocycles. The molecule has 0 amide bonds. The molecule has 21 heavy (non-hydrogen) atoms. The lowest BCUT2D eigenvalue weighted by atomic mass is 9.85. The summed E-state index contributed by atoms with van der Waals surface area (Å²) in [5.74, 6) is 0. The molecule has 2 aromatic carbocycles. The Morgan fingerprint density at radius 1 is 1.00 bits per heavy atom. The van der Waals surface area contributed by atoms with E-state index in [4.69, 9.17) is 5.73 Å². The van der Waals surface area contributed by atoms with Crippen LogP contribution in [0.3, 0.4) is 0 Å². The molecule has 0 heterocycles. The van der Waals surface area contributed by atoms with Gasteiger partial charge in [0.2, 0.25) is 10.0 Å².